The minimum atomic E-state index is 0.175. The van der Waals surface area contributed by atoms with Crippen molar-refractivity contribution >= 4 is 17.1 Å². The van der Waals surface area contributed by atoms with E-state index in [4.69, 9.17) is 0 Å². The van der Waals surface area contributed by atoms with Gasteiger partial charge < -0.3 is 15.1 Å². The van der Waals surface area contributed by atoms with Crippen molar-refractivity contribution in [3.05, 3.63) is 125 Å². The Morgan fingerprint density at radius 2 is 1.12 bits per heavy atom. The average molecular weight is 450 g/mol. The van der Waals surface area contributed by atoms with Crippen molar-refractivity contribution in [1.82, 2.24) is 0 Å². The molecule has 0 saturated heterocycles. The highest BCUT2D eigenvalue weighted by molar-refractivity contribution is 5.57. The van der Waals surface area contributed by atoms with Crippen LogP contribution in [-0.2, 0) is 6.54 Å². The largest absolute Gasteiger partial charge is 0.381 e. The zero-order chi connectivity index (χ0) is 24.1. The second-order valence-corrected chi connectivity index (χ2v) is 9.32. The molecule has 34 heavy (non-hydrogen) atoms. The summed E-state index contributed by atoms with van der Waals surface area (Å²) in [6.07, 6.45) is 0. The Morgan fingerprint density at radius 1 is 0.618 bits per heavy atom. The fourth-order valence-corrected chi connectivity index (χ4v) is 4.37. The molecule has 4 aromatic rings. The Labute approximate surface area is 204 Å². The van der Waals surface area contributed by atoms with Gasteiger partial charge in [0, 0.05) is 57.7 Å². The van der Waals surface area contributed by atoms with Crippen LogP contribution >= 0.6 is 0 Å². The summed E-state index contributed by atoms with van der Waals surface area (Å²) in [4.78, 5) is 4.28. The molecule has 0 aliphatic heterocycles. The second-order valence-electron chi connectivity index (χ2n) is 9.32. The van der Waals surface area contributed by atoms with E-state index < -0.39 is 0 Å². The van der Waals surface area contributed by atoms with Gasteiger partial charge in [0.25, 0.3) is 0 Å². The van der Waals surface area contributed by atoms with Crippen LogP contribution in [0.3, 0.4) is 0 Å². The van der Waals surface area contributed by atoms with E-state index in [2.05, 4.69) is 147 Å². The van der Waals surface area contributed by atoms with Crippen molar-refractivity contribution in [2.75, 3.05) is 43.3 Å². The van der Waals surface area contributed by atoms with Gasteiger partial charge >= 0.3 is 0 Å². The van der Waals surface area contributed by atoms with E-state index in [-0.39, 0.29) is 5.92 Å². The van der Waals surface area contributed by atoms with E-state index in [9.17, 15) is 0 Å². The van der Waals surface area contributed by atoms with Crippen LogP contribution in [0.4, 0.5) is 17.1 Å². The fraction of sp³-hybridized carbons (Fsp3) is 0.226. The van der Waals surface area contributed by atoms with Gasteiger partial charge in [0.15, 0.2) is 0 Å². The lowest BCUT2D eigenvalue weighted by atomic mass is 9.84. The van der Waals surface area contributed by atoms with Gasteiger partial charge in [-0.3, -0.25) is 0 Å². The molecule has 0 fully saturated rings. The van der Waals surface area contributed by atoms with E-state index in [0.717, 1.165) is 6.54 Å². The van der Waals surface area contributed by atoms with Crippen LogP contribution in [0.2, 0.25) is 0 Å². The first-order valence-corrected chi connectivity index (χ1v) is 11.9. The first kappa shape index (κ1) is 23.4. The average Bonchev–Trinajstić information content (AvgIpc) is 2.85. The summed E-state index contributed by atoms with van der Waals surface area (Å²) in [5.74, 6) is 0.175. The third-order valence-electron chi connectivity index (χ3n) is 6.40. The summed E-state index contributed by atoms with van der Waals surface area (Å²) < 4.78 is 0. The molecule has 174 valence electrons. The molecule has 0 aliphatic rings. The minimum Gasteiger partial charge on any atom is -0.381 e. The lowest BCUT2D eigenvalue weighted by Gasteiger charge is -2.23. The maximum absolute atomic E-state index is 3.60. The quantitative estimate of drug-likeness (QED) is 0.295. The van der Waals surface area contributed by atoms with Gasteiger partial charge in [0.2, 0.25) is 0 Å². The summed E-state index contributed by atoms with van der Waals surface area (Å²) in [5.41, 5.74) is 10.0. The van der Waals surface area contributed by atoms with Crippen molar-refractivity contribution in [1.29, 1.82) is 0 Å². The third kappa shape index (κ3) is 5.43. The van der Waals surface area contributed by atoms with E-state index >= 15 is 0 Å². The Kier molecular flexibility index (Phi) is 7.22. The number of hydrogen-bond donors (Lipinski definition) is 1. The molecule has 0 unspecified atom stereocenters. The van der Waals surface area contributed by atoms with E-state index in [0.29, 0.717) is 0 Å². The van der Waals surface area contributed by atoms with Crippen LogP contribution in [0.15, 0.2) is 97.1 Å². The van der Waals surface area contributed by atoms with Crippen LogP contribution in [0.5, 0.6) is 0 Å². The first-order chi connectivity index (χ1) is 16.4. The van der Waals surface area contributed by atoms with Gasteiger partial charge in [-0.05, 0) is 65.1 Å². The highest BCUT2D eigenvalue weighted by atomic mass is 15.1. The number of aryl methyl sites for hydroxylation is 1. The molecular weight excluding hydrogens is 414 g/mol. The van der Waals surface area contributed by atoms with Crippen molar-refractivity contribution in [3.8, 4) is 0 Å². The van der Waals surface area contributed by atoms with Crippen molar-refractivity contribution in [2.45, 2.75) is 19.4 Å². The maximum Gasteiger partial charge on any atom is 0.0400 e. The van der Waals surface area contributed by atoms with Gasteiger partial charge in [0.1, 0.15) is 0 Å². The highest BCUT2D eigenvalue weighted by Gasteiger charge is 2.18. The van der Waals surface area contributed by atoms with Crippen LogP contribution in [0.1, 0.15) is 33.7 Å². The molecule has 0 spiro atoms. The molecule has 0 saturated carbocycles. The Hall–Kier alpha value is -3.72. The first-order valence-electron chi connectivity index (χ1n) is 11.9. The number of nitrogens with one attached hydrogen (secondary N) is 1. The minimum absolute atomic E-state index is 0.175. The zero-order valence-electron chi connectivity index (χ0n) is 20.9. The molecule has 4 aromatic carbocycles. The molecule has 0 bridgehead atoms. The predicted molar refractivity (Wildman–Crippen MR) is 147 cm³/mol. The van der Waals surface area contributed by atoms with E-state index in [1.165, 1.54) is 44.9 Å². The number of benzene rings is 4. The maximum atomic E-state index is 3.60. The molecule has 3 nitrogen and oxygen atoms in total. The topological polar surface area (TPSA) is 18.5 Å². The normalized spacial score (nSPS) is 10.9. The summed E-state index contributed by atoms with van der Waals surface area (Å²) in [5, 5.41) is 3.60. The van der Waals surface area contributed by atoms with E-state index in [1.54, 1.807) is 0 Å². The molecule has 0 aromatic heterocycles. The summed E-state index contributed by atoms with van der Waals surface area (Å²) in [6.45, 7) is 3.01. The number of nitrogens with zero attached hydrogens (tertiary/aromatic N) is 2. The SMILES string of the molecule is Cc1cc(C(c2ccc(N(C)C)cc2)c2ccc(N(C)C)cc2)ccc1NCc1ccccc1. The standard InChI is InChI=1S/C31H35N3/c1-23-21-27(15-20-30(23)32-22-24-9-7-6-8-10-24)31(25-11-16-28(17-12-25)33(2)3)26-13-18-29(19-14-26)34(4)5/h6-21,31-32H,22H2,1-5H3. The Bertz CT molecular complexity index is 1140. The van der Waals surface area contributed by atoms with Crippen LogP contribution < -0.4 is 15.1 Å². The van der Waals surface area contributed by atoms with E-state index in [1.807, 2.05) is 0 Å². The summed E-state index contributed by atoms with van der Waals surface area (Å²) in [7, 11) is 8.32. The molecule has 3 heteroatoms. The molecular formula is C31H35N3. The lowest BCUT2D eigenvalue weighted by molar-refractivity contribution is 0.969. The van der Waals surface area contributed by atoms with Crippen LogP contribution in [0, 0.1) is 6.92 Å². The smallest absolute Gasteiger partial charge is 0.0400 e. The van der Waals surface area contributed by atoms with Crippen molar-refractivity contribution in [3.63, 3.8) is 0 Å². The molecule has 0 amide bonds. The summed E-state index contributed by atoms with van der Waals surface area (Å²) in [6, 6.07) is 35.2. The van der Waals surface area contributed by atoms with Crippen LogP contribution in [-0.4, -0.2) is 28.2 Å². The molecule has 0 heterocycles. The molecule has 0 aliphatic carbocycles. The highest BCUT2D eigenvalue weighted by Crippen LogP contribution is 2.35. The second kappa shape index (κ2) is 10.5. The number of anilines is 3. The number of hydrogen-bond acceptors (Lipinski definition) is 3. The predicted octanol–water partition coefficient (Wildman–Crippen LogP) is 6.92. The van der Waals surface area contributed by atoms with Gasteiger partial charge in [0.05, 0.1) is 0 Å². The zero-order valence-corrected chi connectivity index (χ0v) is 20.9. The van der Waals surface area contributed by atoms with Gasteiger partial charge in [-0.15, -0.1) is 0 Å². The molecule has 0 radical (unpaired) electrons. The Balaban J connectivity index is 1.67. The van der Waals surface area contributed by atoms with Crippen molar-refractivity contribution in [2.24, 2.45) is 0 Å². The molecule has 4 rings (SSSR count). The molecule has 0 atom stereocenters. The Morgan fingerprint density at radius 3 is 1.59 bits per heavy atom. The molecule has 1 N–H and O–H groups in total. The summed E-state index contributed by atoms with van der Waals surface area (Å²) >= 11 is 0. The third-order valence-corrected chi connectivity index (χ3v) is 6.40. The fourth-order valence-electron chi connectivity index (χ4n) is 4.37. The van der Waals surface area contributed by atoms with Crippen molar-refractivity contribution < 1.29 is 0 Å². The monoisotopic (exact) mass is 449 g/mol. The number of rotatable bonds is 8. The lowest BCUT2D eigenvalue weighted by Crippen LogP contribution is -2.10. The van der Waals surface area contributed by atoms with Gasteiger partial charge in [-0.2, -0.15) is 0 Å². The van der Waals surface area contributed by atoms with Crippen LogP contribution in [0.25, 0.3) is 0 Å². The van der Waals surface area contributed by atoms with Gasteiger partial charge in [-0.25, -0.2) is 0 Å². The van der Waals surface area contributed by atoms with Gasteiger partial charge in [-0.1, -0.05) is 66.7 Å².